The maximum atomic E-state index is 12.8. The summed E-state index contributed by atoms with van der Waals surface area (Å²) in [5, 5.41) is 0. The molecule has 2 aromatic rings. The summed E-state index contributed by atoms with van der Waals surface area (Å²) in [7, 11) is 3.74. The lowest BCUT2D eigenvalue weighted by Gasteiger charge is -2.33. The number of morpholine rings is 1. The van der Waals surface area contributed by atoms with E-state index >= 15 is 0 Å². The molecule has 0 N–H and O–H groups in total. The molecule has 0 saturated carbocycles. The second-order valence-corrected chi connectivity index (χ2v) is 7.27. The Labute approximate surface area is 162 Å². The molecular weight excluding hydrogens is 371 g/mol. The van der Waals surface area contributed by atoms with E-state index in [2.05, 4.69) is 15.0 Å². The van der Waals surface area contributed by atoms with Crippen molar-refractivity contribution in [1.82, 2.24) is 15.0 Å². The minimum Gasteiger partial charge on any atom is -0.370 e. The number of hydrogen-bond donors (Lipinski definition) is 0. The van der Waals surface area contributed by atoms with Crippen molar-refractivity contribution in [3.05, 3.63) is 41.2 Å². The number of anilines is 2. The predicted molar refractivity (Wildman–Crippen MR) is 101 cm³/mol. The van der Waals surface area contributed by atoms with Gasteiger partial charge < -0.3 is 14.5 Å². The number of hydrogen-bond acceptors (Lipinski definition) is 6. The molecule has 28 heavy (non-hydrogen) atoms. The van der Waals surface area contributed by atoms with Crippen LogP contribution in [0, 0.1) is 0 Å². The Kier molecular flexibility index (Phi) is 5.74. The maximum absolute atomic E-state index is 12.8. The van der Waals surface area contributed by atoms with E-state index in [1.54, 1.807) is 0 Å². The molecule has 9 heteroatoms. The molecule has 1 aromatic heterocycles. The topological polar surface area (TPSA) is 54.4 Å². The Bertz CT molecular complexity index is 782. The molecule has 1 aromatic carbocycles. The van der Waals surface area contributed by atoms with Crippen LogP contribution in [0.2, 0.25) is 0 Å². The number of benzene rings is 1. The van der Waals surface area contributed by atoms with Crippen molar-refractivity contribution in [3.8, 4) is 0 Å². The second kappa shape index (κ2) is 7.90. The Morgan fingerprint density at radius 3 is 2.36 bits per heavy atom. The molecule has 0 aliphatic carbocycles. The third-order valence-corrected chi connectivity index (χ3v) is 4.50. The highest BCUT2D eigenvalue weighted by atomic mass is 19.4. The largest absolute Gasteiger partial charge is 0.416 e. The average Bonchev–Trinajstić information content (AvgIpc) is 2.67. The third-order valence-electron chi connectivity index (χ3n) is 4.50. The van der Waals surface area contributed by atoms with Gasteiger partial charge in [0.15, 0.2) is 0 Å². The predicted octanol–water partition coefficient (Wildman–Crippen LogP) is 3.66. The van der Waals surface area contributed by atoms with Crippen molar-refractivity contribution >= 4 is 11.9 Å². The molecule has 0 amide bonds. The Morgan fingerprint density at radius 1 is 1.11 bits per heavy atom. The highest BCUT2D eigenvalue weighted by Gasteiger charge is 2.31. The molecule has 2 heterocycles. The van der Waals surface area contributed by atoms with Crippen LogP contribution in [0.15, 0.2) is 24.3 Å². The smallest absolute Gasteiger partial charge is 0.370 e. The fraction of sp³-hybridized carbons (Fsp3) is 0.526. The van der Waals surface area contributed by atoms with Gasteiger partial charge in [0.25, 0.3) is 0 Å². The van der Waals surface area contributed by atoms with Crippen LogP contribution in [0.25, 0.3) is 0 Å². The van der Waals surface area contributed by atoms with Gasteiger partial charge >= 0.3 is 6.18 Å². The molecular formula is C19H24F3N5O. The first-order valence-corrected chi connectivity index (χ1v) is 9.12. The van der Waals surface area contributed by atoms with Crippen molar-refractivity contribution in [3.63, 3.8) is 0 Å². The van der Waals surface area contributed by atoms with E-state index in [9.17, 15) is 13.2 Å². The van der Waals surface area contributed by atoms with E-state index in [0.717, 1.165) is 12.1 Å². The zero-order chi connectivity index (χ0) is 20.5. The molecule has 1 saturated heterocycles. The van der Waals surface area contributed by atoms with Gasteiger partial charge in [0.2, 0.25) is 11.9 Å². The van der Waals surface area contributed by atoms with Crippen molar-refractivity contribution in [2.24, 2.45) is 0 Å². The quantitative estimate of drug-likeness (QED) is 0.788. The lowest BCUT2D eigenvalue weighted by Crippen LogP contribution is -2.40. The Balaban J connectivity index is 1.83. The number of nitrogens with zero attached hydrogens (tertiary/aromatic N) is 5. The summed E-state index contributed by atoms with van der Waals surface area (Å²) in [5.74, 6) is 1.98. The first kappa shape index (κ1) is 20.3. The van der Waals surface area contributed by atoms with E-state index in [1.807, 2.05) is 37.7 Å². The zero-order valence-corrected chi connectivity index (χ0v) is 16.4. The Hall–Kier alpha value is -2.42. The van der Waals surface area contributed by atoms with Gasteiger partial charge in [0, 0.05) is 26.6 Å². The SMILES string of the molecule is CC(C)c1nc(N(C)C)nc(N2CCOC(c3ccc(C(F)(F)F)cc3)C2)n1. The van der Waals surface area contributed by atoms with Gasteiger partial charge in [-0.3, -0.25) is 0 Å². The fourth-order valence-electron chi connectivity index (χ4n) is 2.89. The van der Waals surface area contributed by atoms with E-state index in [1.165, 1.54) is 12.1 Å². The highest BCUT2D eigenvalue weighted by Crippen LogP contribution is 2.31. The Morgan fingerprint density at radius 2 is 1.79 bits per heavy atom. The molecule has 0 spiro atoms. The van der Waals surface area contributed by atoms with Crippen LogP contribution >= 0.6 is 0 Å². The minimum absolute atomic E-state index is 0.146. The second-order valence-electron chi connectivity index (χ2n) is 7.27. The number of ether oxygens (including phenoxy) is 1. The van der Waals surface area contributed by atoms with Crippen LogP contribution < -0.4 is 9.80 Å². The number of alkyl halides is 3. The average molecular weight is 395 g/mol. The molecule has 0 radical (unpaired) electrons. The van der Waals surface area contributed by atoms with Crippen LogP contribution in [-0.4, -0.2) is 48.7 Å². The van der Waals surface area contributed by atoms with Crippen LogP contribution in [0.5, 0.6) is 0 Å². The molecule has 152 valence electrons. The molecule has 0 bridgehead atoms. The number of aromatic nitrogens is 3. The summed E-state index contributed by atoms with van der Waals surface area (Å²) >= 11 is 0. The van der Waals surface area contributed by atoms with Crippen LogP contribution in [0.1, 0.15) is 42.8 Å². The van der Waals surface area contributed by atoms with Gasteiger partial charge in [-0.1, -0.05) is 26.0 Å². The van der Waals surface area contributed by atoms with Crippen molar-refractivity contribution < 1.29 is 17.9 Å². The van der Waals surface area contributed by atoms with Gasteiger partial charge in [-0.15, -0.1) is 0 Å². The van der Waals surface area contributed by atoms with Crippen molar-refractivity contribution in [2.75, 3.05) is 43.6 Å². The van der Waals surface area contributed by atoms with E-state index in [0.29, 0.717) is 43.0 Å². The van der Waals surface area contributed by atoms with Gasteiger partial charge in [-0.25, -0.2) is 0 Å². The molecule has 1 unspecified atom stereocenters. The summed E-state index contributed by atoms with van der Waals surface area (Å²) in [5.41, 5.74) is 0.0299. The summed E-state index contributed by atoms with van der Waals surface area (Å²) < 4.78 is 44.1. The molecule has 1 aliphatic rings. The third kappa shape index (κ3) is 4.52. The molecule has 1 fully saturated rings. The highest BCUT2D eigenvalue weighted by molar-refractivity contribution is 5.40. The van der Waals surface area contributed by atoms with E-state index in [-0.39, 0.29) is 12.0 Å². The summed E-state index contributed by atoms with van der Waals surface area (Å²) in [6.07, 6.45) is -4.70. The molecule has 1 aliphatic heterocycles. The molecule has 3 rings (SSSR count). The van der Waals surface area contributed by atoms with E-state index < -0.39 is 11.7 Å². The van der Waals surface area contributed by atoms with E-state index in [4.69, 9.17) is 4.74 Å². The summed E-state index contributed by atoms with van der Waals surface area (Å²) in [4.78, 5) is 17.4. The number of halogens is 3. The zero-order valence-electron chi connectivity index (χ0n) is 16.4. The van der Waals surface area contributed by atoms with Crippen molar-refractivity contribution in [1.29, 1.82) is 0 Å². The summed E-state index contributed by atoms with van der Waals surface area (Å²) in [6, 6.07) is 5.10. The first-order valence-electron chi connectivity index (χ1n) is 9.12. The van der Waals surface area contributed by atoms with Gasteiger partial charge in [0.1, 0.15) is 11.9 Å². The van der Waals surface area contributed by atoms with Crippen LogP contribution in [-0.2, 0) is 10.9 Å². The summed E-state index contributed by atoms with van der Waals surface area (Å²) in [6.45, 7) is 5.53. The standard InChI is InChI=1S/C19H24F3N5O/c1-12(2)16-23-17(26(3)4)25-18(24-16)27-9-10-28-15(11-27)13-5-7-14(8-6-13)19(20,21)22/h5-8,12,15H,9-11H2,1-4H3. The lowest BCUT2D eigenvalue weighted by atomic mass is 10.1. The van der Waals surface area contributed by atoms with Gasteiger partial charge in [-0.2, -0.15) is 28.1 Å². The lowest BCUT2D eigenvalue weighted by molar-refractivity contribution is -0.137. The van der Waals surface area contributed by atoms with Crippen LogP contribution in [0.4, 0.5) is 25.1 Å². The molecule has 6 nitrogen and oxygen atoms in total. The normalized spacial score (nSPS) is 17.9. The monoisotopic (exact) mass is 395 g/mol. The van der Waals surface area contributed by atoms with Crippen molar-refractivity contribution in [2.45, 2.75) is 32.0 Å². The maximum Gasteiger partial charge on any atom is 0.416 e. The first-order chi connectivity index (χ1) is 13.1. The van der Waals surface area contributed by atoms with Gasteiger partial charge in [0.05, 0.1) is 18.7 Å². The fourth-order valence-corrected chi connectivity index (χ4v) is 2.89. The minimum atomic E-state index is -4.35. The molecule has 1 atom stereocenters. The number of rotatable bonds is 4. The van der Waals surface area contributed by atoms with Crippen LogP contribution in [0.3, 0.4) is 0 Å². The van der Waals surface area contributed by atoms with Gasteiger partial charge in [-0.05, 0) is 17.7 Å².